The van der Waals surface area contributed by atoms with E-state index < -0.39 is 15.6 Å². The van der Waals surface area contributed by atoms with Crippen molar-refractivity contribution in [2.75, 3.05) is 24.0 Å². The molecule has 0 unspecified atom stereocenters. The van der Waals surface area contributed by atoms with Crippen molar-refractivity contribution < 1.29 is 12.8 Å². The average molecular weight is 297 g/mol. The number of alkyl halides is 1. The van der Waals surface area contributed by atoms with Gasteiger partial charge in [0.25, 0.3) is 0 Å². The molecule has 0 aliphatic heterocycles. The second-order valence-corrected chi connectivity index (χ2v) is 6.68. The van der Waals surface area contributed by atoms with Crippen LogP contribution in [-0.4, -0.2) is 42.8 Å². The van der Waals surface area contributed by atoms with E-state index in [4.69, 9.17) is 16.0 Å². The van der Waals surface area contributed by atoms with E-state index in [0.717, 1.165) is 6.26 Å². The lowest BCUT2D eigenvalue weighted by molar-refractivity contribution is 0.460. The second-order valence-electron chi connectivity index (χ2n) is 4.55. The number of nitrogens with one attached hydrogen (secondary N) is 2. The Morgan fingerprint density at radius 1 is 1.39 bits per heavy atom. The molecule has 1 aromatic rings. The van der Waals surface area contributed by atoms with Crippen molar-refractivity contribution >= 4 is 27.6 Å². The summed E-state index contributed by atoms with van der Waals surface area (Å²) in [4.78, 5) is 0. The van der Waals surface area contributed by atoms with Crippen LogP contribution in [0.5, 0.6) is 0 Å². The molecule has 18 heavy (non-hydrogen) atoms. The van der Waals surface area contributed by atoms with Crippen molar-refractivity contribution in [3.05, 3.63) is 5.89 Å². The fourth-order valence-corrected chi connectivity index (χ4v) is 2.58. The summed E-state index contributed by atoms with van der Waals surface area (Å²) in [7, 11) is -3.26. The number of rotatable bonds is 7. The fraction of sp³-hybridized carbons (Fsp3) is 0.778. The smallest absolute Gasteiger partial charge is 0.315 e. The molecule has 0 fully saturated rings. The lowest BCUT2D eigenvalue weighted by Gasteiger charge is -2.24. The van der Waals surface area contributed by atoms with Gasteiger partial charge in [-0.1, -0.05) is 5.10 Å². The molecule has 1 heterocycles. The Balaban J connectivity index is 2.53. The van der Waals surface area contributed by atoms with Gasteiger partial charge >= 0.3 is 6.01 Å². The molecule has 2 N–H and O–H groups in total. The van der Waals surface area contributed by atoms with E-state index in [9.17, 15) is 8.42 Å². The molecule has 0 atom stereocenters. The van der Waals surface area contributed by atoms with Crippen LogP contribution >= 0.6 is 11.6 Å². The number of sulfonamides is 1. The SMILES string of the molecule is CC(C)(CNc1nnc(CCCl)o1)NS(C)(=O)=O. The number of aryl methyl sites for hydroxylation is 1. The molecule has 1 aromatic heterocycles. The summed E-state index contributed by atoms with van der Waals surface area (Å²) in [6, 6.07) is 0.249. The van der Waals surface area contributed by atoms with Crippen LogP contribution in [0.2, 0.25) is 0 Å². The highest BCUT2D eigenvalue weighted by atomic mass is 35.5. The molecule has 9 heteroatoms. The molecule has 104 valence electrons. The Morgan fingerprint density at radius 2 is 2.06 bits per heavy atom. The van der Waals surface area contributed by atoms with Crippen molar-refractivity contribution in [3.8, 4) is 0 Å². The molecule has 0 saturated heterocycles. The van der Waals surface area contributed by atoms with E-state index in [1.165, 1.54) is 0 Å². The number of anilines is 1. The third-order valence-electron chi connectivity index (χ3n) is 1.92. The Labute approximate surface area is 111 Å². The normalized spacial score (nSPS) is 12.7. The minimum absolute atomic E-state index is 0.249. The summed E-state index contributed by atoms with van der Waals surface area (Å²) in [6.45, 7) is 3.82. The zero-order valence-corrected chi connectivity index (χ0v) is 12.1. The summed E-state index contributed by atoms with van der Waals surface area (Å²) in [5.41, 5.74) is -0.658. The van der Waals surface area contributed by atoms with Gasteiger partial charge in [0.1, 0.15) is 0 Å². The molecule has 1 rings (SSSR count). The van der Waals surface area contributed by atoms with Gasteiger partial charge in [-0.05, 0) is 13.8 Å². The first-order valence-corrected chi connectivity index (χ1v) is 7.76. The second kappa shape index (κ2) is 5.85. The standard InChI is InChI=1S/C9H17ClN4O3S/c1-9(2,14-18(3,15)16)6-11-8-13-12-7(17-8)4-5-10/h14H,4-6H2,1-3H3,(H,11,13). The minimum atomic E-state index is -3.26. The van der Waals surface area contributed by atoms with Crippen molar-refractivity contribution in [3.63, 3.8) is 0 Å². The highest BCUT2D eigenvalue weighted by Gasteiger charge is 2.22. The van der Waals surface area contributed by atoms with Gasteiger partial charge in [0.15, 0.2) is 0 Å². The van der Waals surface area contributed by atoms with Crippen LogP contribution in [0.15, 0.2) is 4.42 Å². The largest absolute Gasteiger partial charge is 0.408 e. The number of hydrogen-bond acceptors (Lipinski definition) is 6. The van der Waals surface area contributed by atoms with Gasteiger partial charge in [0.05, 0.1) is 6.26 Å². The third kappa shape index (κ3) is 5.65. The minimum Gasteiger partial charge on any atom is -0.408 e. The highest BCUT2D eigenvalue weighted by Crippen LogP contribution is 2.10. The predicted octanol–water partition coefficient (Wildman–Crippen LogP) is 0.591. The maximum atomic E-state index is 11.1. The summed E-state index contributed by atoms with van der Waals surface area (Å²) in [6.07, 6.45) is 1.61. The zero-order chi connectivity index (χ0) is 13.8. The molecule has 0 amide bonds. The highest BCUT2D eigenvalue weighted by molar-refractivity contribution is 7.88. The van der Waals surface area contributed by atoms with Crippen molar-refractivity contribution in [1.82, 2.24) is 14.9 Å². The van der Waals surface area contributed by atoms with Crippen LogP contribution in [-0.2, 0) is 16.4 Å². The molecule has 0 radical (unpaired) electrons. The zero-order valence-electron chi connectivity index (χ0n) is 10.5. The van der Waals surface area contributed by atoms with Gasteiger partial charge in [-0.3, -0.25) is 0 Å². The van der Waals surface area contributed by atoms with Gasteiger partial charge in [-0.25, -0.2) is 13.1 Å². The van der Waals surface area contributed by atoms with E-state index in [-0.39, 0.29) is 6.01 Å². The summed E-state index contributed by atoms with van der Waals surface area (Å²) >= 11 is 5.54. The maximum Gasteiger partial charge on any atom is 0.315 e. The van der Waals surface area contributed by atoms with Crippen molar-refractivity contribution in [1.29, 1.82) is 0 Å². The summed E-state index contributed by atoms with van der Waals surface area (Å²) in [5, 5.41) is 10.4. The Morgan fingerprint density at radius 3 is 2.61 bits per heavy atom. The molecule has 0 aromatic carbocycles. The van der Waals surface area contributed by atoms with Crippen molar-refractivity contribution in [2.45, 2.75) is 25.8 Å². The third-order valence-corrected chi connectivity index (χ3v) is 3.03. The lowest BCUT2D eigenvalue weighted by atomic mass is 10.1. The number of nitrogens with zero attached hydrogens (tertiary/aromatic N) is 2. The Kier molecular flexibility index (Phi) is 4.94. The molecular weight excluding hydrogens is 280 g/mol. The van der Waals surface area contributed by atoms with E-state index in [0.29, 0.717) is 24.7 Å². The van der Waals surface area contributed by atoms with Crippen LogP contribution in [0.3, 0.4) is 0 Å². The van der Waals surface area contributed by atoms with E-state index in [2.05, 4.69) is 20.2 Å². The predicted molar refractivity (Wildman–Crippen MR) is 69.3 cm³/mol. The molecule has 0 aliphatic rings. The van der Waals surface area contributed by atoms with Crippen LogP contribution in [0.25, 0.3) is 0 Å². The van der Waals surface area contributed by atoms with Gasteiger partial charge in [-0.2, -0.15) is 0 Å². The molecule has 7 nitrogen and oxygen atoms in total. The van der Waals surface area contributed by atoms with Crippen molar-refractivity contribution in [2.24, 2.45) is 0 Å². The van der Waals surface area contributed by atoms with E-state index in [1.807, 2.05) is 0 Å². The number of aromatic nitrogens is 2. The van der Waals surface area contributed by atoms with Crippen LogP contribution in [0, 0.1) is 0 Å². The van der Waals surface area contributed by atoms with Crippen LogP contribution in [0.1, 0.15) is 19.7 Å². The molecule has 0 aliphatic carbocycles. The molecular formula is C9H17ClN4O3S. The van der Waals surface area contributed by atoms with E-state index in [1.54, 1.807) is 13.8 Å². The Hall–Kier alpha value is -0.860. The van der Waals surface area contributed by atoms with Crippen LogP contribution in [0.4, 0.5) is 6.01 Å². The molecule has 0 spiro atoms. The Bertz CT molecular complexity index is 486. The molecule has 0 saturated carbocycles. The van der Waals surface area contributed by atoms with Gasteiger partial charge < -0.3 is 9.73 Å². The maximum absolute atomic E-state index is 11.1. The fourth-order valence-electron chi connectivity index (χ4n) is 1.34. The topological polar surface area (TPSA) is 97.1 Å². The summed E-state index contributed by atoms with van der Waals surface area (Å²) in [5.74, 6) is 0.851. The van der Waals surface area contributed by atoms with E-state index >= 15 is 0 Å². The van der Waals surface area contributed by atoms with Gasteiger partial charge in [-0.15, -0.1) is 16.7 Å². The first kappa shape index (κ1) is 15.2. The lowest BCUT2D eigenvalue weighted by Crippen LogP contribution is -2.47. The van der Waals surface area contributed by atoms with Crippen LogP contribution < -0.4 is 10.0 Å². The average Bonchev–Trinajstić information content (AvgIpc) is 2.60. The van der Waals surface area contributed by atoms with Gasteiger partial charge in [0, 0.05) is 24.4 Å². The molecule has 0 bridgehead atoms. The monoisotopic (exact) mass is 296 g/mol. The first-order valence-electron chi connectivity index (χ1n) is 5.33. The quantitative estimate of drug-likeness (QED) is 0.715. The number of hydrogen-bond donors (Lipinski definition) is 2. The summed E-state index contributed by atoms with van der Waals surface area (Å²) < 4.78 is 30.0. The first-order chi connectivity index (χ1) is 8.22. The van der Waals surface area contributed by atoms with Gasteiger partial charge in [0.2, 0.25) is 15.9 Å². The number of halogens is 1.